The fourth-order valence-corrected chi connectivity index (χ4v) is 4.55. The predicted octanol–water partition coefficient (Wildman–Crippen LogP) is 5.11. The van der Waals surface area contributed by atoms with Crippen LogP contribution in [-0.2, 0) is 0 Å². The zero-order valence-electron chi connectivity index (χ0n) is 12.9. The number of nitrogens with zero attached hydrogens (tertiary/aromatic N) is 2. The predicted molar refractivity (Wildman–Crippen MR) is 104 cm³/mol. The summed E-state index contributed by atoms with van der Waals surface area (Å²) < 4.78 is 14.1. The van der Waals surface area contributed by atoms with Crippen LogP contribution in [0.5, 0.6) is 0 Å². The minimum atomic E-state index is -0.279. The summed E-state index contributed by atoms with van der Waals surface area (Å²) in [5, 5.41) is 3.94. The SMILES string of the molecule is Fc1ccc(N2C(=S)N[C@H](c3ccccn3)[C@H]2c2ccc(Cl)s2)cc1. The molecule has 2 atom stereocenters. The van der Waals surface area contributed by atoms with Gasteiger partial charge in [-0.15, -0.1) is 11.3 Å². The fourth-order valence-electron chi connectivity index (χ4n) is 3.01. The molecule has 0 unspecified atom stereocenters. The molecule has 1 N–H and O–H groups in total. The van der Waals surface area contributed by atoms with Crippen molar-refractivity contribution in [2.75, 3.05) is 4.90 Å². The number of anilines is 1. The van der Waals surface area contributed by atoms with E-state index in [1.807, 2.05) is 35.2 Å². The lowest BCUT2D eigenvalue weighted by atomic mass is 10.0. The lowest BCUT2D eigenvalue weighted by Gasteiger charge is -2.26. The highest BCUT2D eigenvalue weighted by molar-refractivity contribution is 7.80. The van der Waals surface area contributed by atoms with Gasteiger partial charge in [-0.25, -0.2) is 4.39 Å². The molecule has 1 aliphatic heterocycles. The summed E-state index contributed by atoms with van der Waals surface area (Å²) in [5.41, 5.74) is 1.72. The molecule has 126 valence electrons. The molecular formula is C18H13ClFN3S2. The van der Waals surface area contributed by atoms with Crippen LogP contribution in [0, 0.1) is 5.82 Å². The molecule has 4 rings (SSSR count). The third-order valence-corrected chi connectivity index (χ3v) is 5.70. The Bertz CT molecular complexity index is 898. The van der Waals surface area contributed by atoms with Crippen molar-refractivity contribution >= 4 is 46.0 Å². The lowest BCUT2D eigenvalue weighted by molar-refractivity contribution is 0.575. The van der Waals surface area contributed by atoms with Crippen molar-refractivity contribution in [3.8, 4) is 0 Å². The minimum absolute atomic E-state index is 0.106. The van der Waals surface area contributed by atoms with E-state index < -0.39 is 0 Å². The number of aromatic nitrogens is 1. The maximum absolute atomic E-state index is 13.3. The molecule has 25 heavy (non-hydrogen) atoms. The largest absolute Gasteiger partial charge is 0.351 e. The van der Waals surface area contributed by atoms with Crippen molar-refractivity contribution < 1.29 is 4.39 Å². The topological polar surface area (TPSA) is 28.2 Å². The van der Waals surface area contributed by atoms with Gasteiger partial charge >= 0.3 is 0 Å². The van der Waals surface area contributed by atoms with Gasteiger partial charge in [0.2, 0.25) is 0 Å². The monoisotopic (exact) mass is 389 g/mol. The van der Waals surface area contributed by atoms with E-state index in [-0.39, 0.29) is 17.9 Å². The van der Waals surface area contributed by atoms with Gasteiger partial charge in [0.1, 0.15) is 5.82 Å². The molecular weight excluding hydrogens is 377 g/mol. The maximum atomic E-state index is 13.3. The van der Waals surface area contributed by atoms with Crippen molar-refractivity contribution in [1.82, 2.24) is 10.3 Å². The van der Waals surface area contributed by atoms with Crippen LogP contribution in [0.15, 0.2) is 60.8 Å². The number of pyridine rings is 1. The Morgan fingerprint density at radius 2 is 1.92 bits per heavy atom. The molecule has 0 radical (unpaired) electrons. The first-order valence-electron chi connectivity index (χ1n) is 7.65. The smallest absolute Gasteiger partial charge is 0.174 e. The van der Waals surface area contributed by atoms with E-state index in [4.69, 9.17) is 23.8 Å². The zero-order valence-corrected chi connectivity index (χ0v) is 15.3. The average Bonchev–Trinajstić information content (AvgIpc) is 3.20. The van der Waals surface area contributed by atoms with E-state index >= 15 is 0 Å². The Kier molecular flexibility index (Phi) is 4.41. The first kappa shape index (κ1) is 16.4. The van der Waals surface area contributed by atoms with Crippen LogP contribution in [-0.4, -0.2) is 10.1 Å². The van der Waals surface area contributed by atoms with E-state index in [9.17, 15) is 4.39 Å². The highest BCUT2D eigenvalue weighted by Gasteiger charge is 2.41. The number of halogens is 2. The number of thiocarbonyl (C=S) groups is 1. The van der Waals surface area contributed by atoms with Gasteiger partial charge in [-0.1, -0.05) is 17.7 Å². The number of hydrogen-bond donors (Lipinski definition) is 1. The second-order valence-corrected chi connectivity index (χ2v) is 7.75. The standard InChI is InChI=1S/C18H13ClFN3S2/c19-15-9-8-14(25-15)17-16(13-3-1-2-10-21-13)22-18(24)23(17)12-6-4-11(20)5-7-12/h1-10,16-17H,(H,22,24)/t16-,17-/m1/s1. The van der Waals surface area contributed by atoms with Crippen LogP contribution in [0.4, 0.5) is 10.1 Å². The third-order valence-electron chi connectivity index (χ3n) is 4.09. The molecule has 2 aromatic heterocycles. The molecule has 3 heterocycles. The van der Waals surface area contributed by atoms with Crippen LogP contribution in [0.1, 0.15) is 22.7 Å². The molecule has 3 aromatic rings. The Morgan fingerprint density at radius 3 is 2.56 bits per heavy atom. The lowest BCUT2D eigenvalue weighted by Crippen LogP contribution is -2.29. The highest BCUT2D eigenvalue weighted by atomic mass is 35.5. The third kappa shape index (κ3) is 3.13. The maximum Gasteiger partial charge on any atom is 0.174 e. The van der Waals surface area contributed by atoms with Crippen LogP contribution in [0.2, 0.25) is 4.34 Å². The van der Waals surface area contributed by atoms with E-state index in [0.717, 1.165) is 16.3 Å². The van der Waals surface area contributed by atoms with Gasteiger partial charge in [-0.2, -0.15) is 0 Å². The summed E-state index contributed by atoms with van der Waals surface area (Å²) in [6.07, 6.45) is 1.76. The molecule has 1 fully saturated rings. The summed E-state index contributed by atoms with van der Waals surface area (Å²) in [7, 11) is 0. The van der Waals surface area contributed by atoms with Gasteiger partial charge in [0.25, 0.3) is 0 Å². The Hall–Kier alpha value is -2.02. The summed E-state index contributed by atoms with van der Waals surface area (Å²) >= 11 is 13.3. The number of benzene rings is 1. The molecule has 0 spiro atoms. The summed E-state index contributed by atoms with van der Waals surface area (Å²) in [6, 6.07) is 15.8. The second-order valence-electron chi connectivity index (χ2n) is 5.61. The number of rotatable bonds is 3. The van der Waals surface area contributed by atoms with Gasteiger partial charge in [0.15, 0.2) is 5.11 Å². The molecule has 1 aliphatic rings. The molecule has 0 bridgehead atoms. The van der Waals surface area contributed by atoms with Crippen molar-refractivity contribution in [2.45, 2.75) is 12.1 Å². The van der Waals surface area contributed by atoms with E-state index in [1.54, 1.807) is 18.3 Å². The van der Waals surface area contributed by atoms with Gasteiger partial charge in [0.05, 0.1) is 22.1 Å². The first-order valence-corrected chi connectivity index (χ1v) is 9.25. The van der Waals surface area contributed by atoms with Crippen LogP contribution >= 0.6 is 35.2 Å². The van der Waals surface area contributed by atoms with Gasteiger partial charge < -0.3 is 10.2 Å². The van der Waals surface area contributed by atoms with Crippen molar-refractivity contribution in [2.24, 2.45) is 0 Å². The van der Waals surface area contributed by atoms with Crippen LogP contribution in [0.3, 0.4) is 0 Å². The first-order chi connectivity index (χ1) is 12.1. The van der Waals surface area contributed by atoms with Crippen LogP contribution < -0.4 is 10.2 Å². The van der Waals surface area contributed by atoms with E-state index in [1.165, 1.54) is 23.5 Å². The van der Waals surface area contributed by atoms with E-state index in [2.05, 4.69) is 10.3 Å². The second kappa shape index (κ2) is 6.71. The number of thiophene rings is 1. The van der Waals surface area contributed by atoms with Gasteiger partial charge in [-0.3, -0.25) is 4.98 Å². The molecule has 0 saturated carbocycles. The van der Waals surface area contributed by atoms with Crippen LogP contribution in [0.25, 0.3) is 0 Å². The van der Waals surface area contributed by atoms with Gasteiger partial charge in [0, 0.05) is 16.8 Å². The molecule has 7 heteroatoms. The quantitative estimate of drug-likeness (QED) is 0.630. The fraction of sp³-hybridized carbons (Fsp3) is 0.111. The van der Waals surface area contributed by atoms with Crippen molar-refractivity contribution in [3.63, 3.8) is 0 Å². The molecule has 0 amide bonds. The summed E-state index contributed by atoms with van der Waals surface area (Å²) in [5.74, 6) is -0.279. The molecule has 0 aliphatic carbocycles. The Labute approximate surface area is 159 Å². The molecule has 3 nitrogen and oxygen atoms in total. The number of nitrogens with one attached hydrogen (secondary N) is 1. The summed E-state index contributed by atoms with van der Waals surface area (Å²) in [6.45, 7) is 0. The number of hydrogen-bond acceptors (Lipinski definition) is 3. The normalized spacial score (nSPS) is 19.9. The zero-order chi connectivity index (χ0) is 17.4. The van der Waals surface area contributed by atoms with Gasteiger partial charge in [-0.05, 0) is 60.7 Å². The molecule has 1 aromatic carbocycles. The highest BCUT2D eigenvalue weighted by Crippen LogP contribution is 2.44. The van der Waals surface area contributed by atoms with Crippen molar-refractivity contribution in [3.05, 3.63) is 81.5 Å². The summed E-state index contributed by atoms with van der Waals surface area (Å²) in [4.78, 5) is 7.55. The van der Waals surface area contributed by atoms with E-state index in [0.29, 0.717) is 9.45 Å². The molecule has 1 saturated heterocycles. The van der Waals surface area contributed by atoms with Crippen molar-refractivity contribution in [1.29, 1.82) is 0 Å². The minimum Gasteiger partial charge on any atom is -0.351 e. The Balaban J connectivity index is 1.81. The Morgan fingerprint density at radius 1 is 1.12 bits per heavy atom. The average molecular weight is 390 g/mol.